The number of cyclic esters (lactones) is 1. The van der Waals surface area contributed by atoms with Crippen LogP contribution in [0.1, 0.15) is 19.3 Å². The van der Waals surface area contributed by atoms with Gasteiger partial charge in [-0.2, -0.15) is 0 Å². The number of ether oxygens (including phenoxy) is 2. The first-order valence-electron chi connectivity index (χ1n) is 5.43. The van der Waals surface area contributed by atoms with Gasteiger partial charge in [0.15, 0.2) is 0 Å². The van der Waals surface area contributed by atoms with Crippen molar-refractivity contribution in [2.75, 3.05) is 26.8 Å². The molecule has 1 spiro atoms. The van der Waals surface area contributed by atoms with E-state index in [1.54, 1.807) is 4.90 Å². The number of hydrogen-bond donors (Lipinski definition) is 1. The topological polar surface area (TPSA) is 67.9 Å². The summed E-state index contributed by atoms with van der Waals surface area (Å²) in [4.78, 5) is 24.3. The van der Waals surface area contributed by atoms with Crippen molar-refractivity contribution in [3.05, 3.63) is 0 Å². The van der Waals surface area contributed by atoms with Gasteiger partial charge in [0.2, 0.25) is 0 Å². The number of alkyl carbamates (subject to hydrolysis) is 1. The molecule has 2 rings (SSSR count). The van der Waals surface area contributed by atoms with E-state index in [4.69, 9.17) is 9.47 Å². The van der Waals surface area contributed by atoms with Gasteiger partial charge in [0.1, 0.15) is 0 Å². The summed E-state index contributed by atoms with van der Waals surface area (Å²) < 4.78 is 9.54. The van der Waals surface area contributed by atoms with E-state index in [2.05, 4.69) is 5.32 Å². The number of piperidine rings is 1. The second-order valence-corrected chi connectivity index (χ2v) is 4.29. The zero-order chi connectivity index (χ0) is 11.6. The summed E-state index contributed by atoms with van der Waals surface area (Å²) in [6, 6.07) is 0. The number of carbonyl (C=O) groups excluding carboxylic acids is 2. The van der Waals surface area contributed by atoms with Crippen LogP contribution in [0.3, 0.4) is 0 Å². The molecule has 16 heavy (non-hydrogen) atoms. The van der Waals surface area contributed by atoms with Crippen LogP contribution in [0.5, 0.6) is 0 Å². The molecule has 6 nitrogen and oxygen atoms in total. The first-order valence-corrected chi connectivity index (χ1v) is 5.43. The molecule has 90 valence electrons. The highest BCUT2D eigenvalue weighted by Gasteiger charge is 2.41. The van der Waals surface area contributed by atoms with Crippen molar-refractivity contribution in [1.82, 2.24) is 10.2 Å². The zero-order valence-corrected chi connectivity index (χ0v) is 9.32. The normalized spacial score (nSPS) is 29.6. The van der Waals surface area contributed by atoms with Crippen LogP contribution in [0.2, 0.25) is 0 Å². The van der Waals surface area contributed by atoms with E-state index in [-0.39, 0.29) is 11.6 Å². The molecule has 0 unspecified atom stereocenters. The van der Waals surface area contributed by atoms with Crippen LogP contribution >= 0.6 is 0 Å². The number of methoxy groups -OCH3 is 1. The van der Waals surface area contributed by atoms with Gasteiger partial charge in [0.05, 0.1) is 19.3 Å². The summed E-state index contributed by atoms with van der Waals surface area (Å²) in [6.07, 6.45) is 1.77. The Morgan fingerprint density at radius 2 is 2.38 bits per heavy atom. The smallest absolute Gasteiger partial charge is 0.409 e. The maximum absolute atomic E-state index is 11.4. The molecule has 2 aliphatic heterocycles. The van der Waals surface area contributed by atoms with Gasteiger partial charge in [-0.3, -0.25) is 0 Å². The van der Waals surface area contributed by atoms with Crippen LogP contribution in [0.15, 0.2) is 0 Å². The summed E-state index contributed by atoms with van der Waals surface area (Å²) in [6.45, 7) is 1.61. The molecule has 6 heteroatoms. The van der Waals surface area contributed by atoms with Gasteiger partial charge in [-0.1, -0.05) is 0 Å². The SMILES string of the molecule is COC(=O)N1CCC[C@@]2(CCOC(=O)N2)C1. The van der Waals surface area contributed by atoms with Crippen molar-refractivity contribution in [3.63, 3.8) is 0 Å². The molecule has 2 saturated heterocycles. The third kappa shape index (κ3) is 2.05. The van der Waals surface area contributed by atoms with Gasteiger partial charge < -0.3 is 19.7 Å². The predicted molar refractivity (Wildman–Crippen MR) is 55.0 cm³/mol. The lowest BCUT2D eigenvalue weighted by molar-refractivity contribution is 0.0409. The minimum atomic E-state index is -0.391. The summed E-state index contributed by atoms with van der Waals surface area (Å²) >= 11 is 0. The standard InChI is InChI=1S/C10H16N2O4/c1-15-9(14)12-5-2-3-10(7-12)4-6-16-8(13)11-10/h2-7H2,1H3,(H,11,13)/t10-/m1/s1. The predicted octanol–water partition coefficient (Wildman–Crippen LogP) is 0.717. The molecular formula is C10H16N2O4. The minimum Gasteiger partial charge on any atom is -0.453 e. The average Bonchev–Trinajstić information content (AvgIpc) is 2.28. The van der Waals surface area contributed by atoms with E-state index in [1.165, 1.54) is 7.11 Å². The fourth-order valence-electron chi connectivity index (χ4n) is 2.38. The Bertz CT molecular complexity index is 303. The van der Waals surface area contributed by atoms with Gasteiger partial charge in [0.25, 0.3) is 0 Å². The van der Waals surface area contributed by atoms with Crippen LogP contribution < -0.4 is 5.32 Å². The lowest BCUT2D eigenvalue weighted by atomic mass is 9.85. The van der Waals surface area contributed by atoms with Crippen LogP contribution in [0.25, 0.3) is 0 Å². The first kappa shape index (κ1) is 11.0. The Morgan fingerprint density at radius 1 is 1.56 bits per heavy atom. The largest absolute Gasteiger partial charge is 0.453 e. The van der Waals surface area contributed by atoms with Gasteiger partial charge >= 0.3 is 12.2 Å². The fraction of sp³-hybridized carbons (Fsp3) is 0.800. The average molecular weight is 228 g/mol. The second kappa shape index (κ2) is 4.19. The summed E-state index contributed by atoms with van der Waals surface area (Å²) in [5.41, 5.74) is -0.318. The Kier molecular flexibility index (Phi) is 2.89. The fourth-order valence-corrected chi connectivity index (χ4v) is 2.38. The zero-order valence-electron chi connectivity index (χ0n) is 9.32. The minimum absolute atomic E-state index is 0.318. The van der Waals surface area contributed by atoms with Crippen LogP contribution in [0, 0.1) is 0 Å². The highest BCUT2D eigenvalue weighted by molar-refractivity contribution is 5.70. The van der Waals surface area contributed by atoms with E-state index in [0.717, 1.165) is 19.3 Å². The van der Waals surface area contributed by atoms with Crippen molar-refractivity contribution in [2.24, 2.45) is 0 Å². The van der Waals surface area contributed by atoms with Crippen molar-refractivity contribution in [1.29, 1.82) is 0 Å². The Balaban J connectivity index is 2.04. The van der Waals surface area contributed by atoms with Crippen LogP contribution in [0.4, 0.5) is 9.59 Å². The Morgan fingerprint density at radius 3 is 3.06 bits per heavy atom. The lowest BCUT2D eigenvalue weighted by Crippen LogP contribution is -2.62. The Hall–Kier alpha value is -1.46. The molecule has 0 aromatic rings. The quantitative estimate of drug-likeness (QED) is 0.663. The molecule has 0 radical (unpaired) electrons. The molecule has 2 heterocycles. The molecule has 0 saturated carbocycles. The Labute approximate surface area is 93.9 Å². The van der Waals surface area contributed by atoms with Gasteiger partial charge in [-0.25, -0.2) is 9.59 Å². The summed E-state index contributed by atoms with van der Waals surface area (Å²) in [5, 5.41) is 2.83. The summed E-state index contributed by atoms with van der Waals surface area (Å²) in [5.74, 6) is 0. The number of rotatable bonds is 0. The molecule has 1 N–H and O–H groups in total. The highest BCUT2D eigenvalue weighted by Crippen LogP contribution is 2.27. The third-order valence-corrected chi connectivity index (χ3v) is 3.19. The number of likely N-dealkylation sites (tertiary alicyclic amines) is 1. The molecule has 0 aromatic heterocycles. The third-order valence-electron chi connectivity index (χ3n) is 3.19. The van der Waals surface area contributed by atoms with Gasteiger partial charge in [-0.15, -0.1) is 0 Å². The number of hydrogen-bond acceptors (Lipinski definition) is 4. The monoisotopic (exact) mass is 228 g/mol. The number of amides is 2. The van der Waals surface area contributed by atoms with E-state index in [0.29, 0.717) is 19.7 Å². The maximum Gasteiger partial charge on any atom is 0.409 e. The first-order chi connectivity index (χ1) is 7.65. The number of nitrogens with zero attached hydrogens (tertiary/aromatic N) is 1. The second-order valence-electron chi connectivity index (χ2n) is 4.29. The van der Waals surface area contributed by atoms with Gasteiger partial charge in [-0.05, 0) is 12.8 Å². The van der Waals surface area contributed by atoms with Crippen molar-refractivity contribution < 1.29 is 19.1 Å². The molecule has 2 fully saturated rings. The van der Waals surface area contributed by atoms with Crippen LogP contribution in [-0.4, -0.2) is 49.4 Å². The van der Waals surface area contributed by atoms with E-state index >= 15 is 0 Å². The molecule has 1 atom stereocenters. The van der Waals surface area contributed by atoms with E-state index in [9.17, 15) is 9.59 Å². The number of carbonyl (C=O) groups is 2. The maximum atomic E-state index is 11.4. The highest BCUT2D eigenvalue weighted by atomic mass is 16.6. The molecule has 0 aromatic carbocycles. The van der Waals surface area contributed by atoms with E-state index in [1.807, 2.05) is 0 Å². The van der Waals surface area contributed by atoms with Crippen molar-refractivity contribution in [3.8, 4) is 0 Å². The molecule has 0 bridgehead atoms. The van der Waals surface area contributed by atoms with Crippen molar-refractivity contribution >= 4 is 12.2 Å². The number of nitrogens with one attached hydrogen (secondary N) is 1. The summed E-state index contributed by atoms with van der Waals surface area (Å²) in [7, 11) is 1.37. The van der Waals surface area contributed by atoms with Gasteiger partial charge in [0, 0.05) is 19.5 Å². The van der Waals surface area contributed by atoms with Crippen molar-refractivity contribution in [2.45, 2.75) is 24.8 Å². The molecule has 0 aliphatic carbocycles. The molecule has 2 aliphatic rings. The van der Waals surface area contributed by atoms with E-state index < -0.39 is 6.09 Å². The molecular weight excluding hydrogens is 212 g/mol. The lowest BCUT2D eigenvalue weighted by Gasteiger charge is -2.44. The van der Waals surface area contributed by atoms with Crippen LogP contribution in [-0.2, 0) is 9.47 Å². The molecule has 2 amide bonds.